The second kappa shape index (κ2) is 11.0. The van der Waals surface area contributed by atoms with E-state index in [2.05, 4.69) is 28.4 Å². The van der Waals surface area contributed by atoms with E-state index in [1.165, 1.54) is 11.1 Å². The van der Waals surface area contributed by atoms with Gasteiger partial charge in [0.1, 0.15) is 5.75 Å². The van der Waals surface area contributed by atoms with Crippen LogP contribution in [0.4, 0.5) is 0 Å². The Morgan fingerprint density at radius 2 is 1.86 bits per heavy atom. The Labute approximate surface area is 174 Å². The van der Waals surface area contributed by atoms with Crippen molar-refractivity contribution in [3.63, 3.8) is 0 Å². The van der Waals surface area contributed by atoms with Crippen molar-refractivity contribution < 1.29 is 14.3 Å². The summed E-state index contributed by atoms with van der Waals surface area (Å²) in [5, 5.41) is 3.04. The molecule has 2 aromatic carbocycles. The fourth-order valence-corrected chi connectivity index (χ4v) is 3.43. The lowest BCUT2D eigenvalue weighted by atomic mass is 10.1. The minimum absolute atomic E-state index is 0.00508. The Morgan fingerprint density at radius 1 is 1.10 bits per heavy atom. The summed E-state index contributed by atoms with van der Waals surface area (Å²) in [5.74, 6) is 0.892. The molecule has 0 bridgehead atoms. The highest BCUT2D eigenvalue weighted by molar-refractivity contribution is 5.94. The van der Waals surface area contributed by atoms with Crippen molar-refractivity contribution in [2.24, 2.45) is 0 Å². The fraction of sp³-hybridized carbons (Fsp3) is 0.458. The molecule has 5 nitrogen and oxygen atoms in total. The van der Waals surface area contributed by atoms with Crippen molar-refractivity contribution >= 4 is 5.91 Å². The number of nitrogens with zero attached hydrogens (tertiary/aromatic N) is 1. The summed E-state index contributed by atoms with van der Waals surface area (Å²) >= 11 is 0. The molecule has 3 rings (SSSR count). The van der Waals surface area contributed by atoms with Crippen molar-refractivity contribution in [1.29, 1.82) is 0 Å². The van der Waals surface area contributed by atoms with Crippen molar-refractivity contribution in [1.82, 2.24) is 10.2 Å². The van der Waals surface area contributed by atoms with Crippen molar-refractivity contribution in [3.8, 4) is 5.75 Å². The van der Waals surface area contributed by atoms with Gasteiger partial charge in [-0.3, -0.25) is 9.69 Å². The third-order valence-electron chi connectivity index (χ3n) is 4.92. The topological polar surface area (TPSA) is 50.8 Å². The van der Waals surface area contributed by atoms with Crippen LogP contribution in [0.25, 0.3) is 0 Å². The van der Waals surface area contributed by atoms with E-state index in [0.717, 1.165) is 57.0 Å². The second-order valence-corrected chi connectivity index (χ2v) is 7.76. The lowest BCUT2D eigenvalue weighted by Gasteiger charge is -2.26. The molecule has 29 heavy (non-hydrogen) atoms. The van der Waals surface area contributed by atoms with Crippen LogP contribution in [0, 0.1) is 0 Å². The number of carbonyl (C=O) groups excluding carboxylic acids is 1. The van der Waals surface area contributed by atoms with E-state index in [-0.39, 0.29) is 12.0 Å². The second-order valence-electron chi connectivity index (χ2n) is 7.76. The normalized spacial score (nSPS) is 14.7. The molecule has 1 fully saturated rings. The van der Waals surface area contributed by atoms with Crippen molar-refractivity contribution in [2.75, 3.05) is 32.8 Å². The lowest BCUT2D eigenvalue weighted by molar-refractivity contribution is 0.0342. The Balaban J connectivity index is 1.41. The molecule has 0 spiro atoms. The Kier molecular flexibility index (Phi) is 8.08. The molecule has 156 valence electrons. The van der Waals surface area contributed by atoms with Crippen LogP contribution in [0.1, 0.15) is 41.8 Å². The number of carbonyl (C=O) groups is 1. The van der Waals surface area contributed by atoms with Gasteiger partial charge in [-0.05, 0) is 62.1 Å². The molecule has 1 heterocycles. The standard InChI is InChI=1S/C24H32N2O3/c1-19(2)29-23-10-8-20(9-11-23)6-4-12-25-24(27)22-7-3-5-21(17-22)18-26-13-15-28-16-14-26/h3,5,7-11,17,19H,4,6,12-16,18H2,1-2H3,(H,25,27). The summed E-state index contributed by atoms with van der Waals surface area (Å²) in [6.45, 7) is 9.03. The molecule has 1 N–H and O–H groups in total. The van der Waals surface area contributed by atoms with Crippen LogP contribution < -0.4 is 10.1 Å². The van der Waals surface area contributed by atoms with Crippen LogP contribution in [-0.2, 0) is 17.7 Å². The molecular formula is C24H32N2O3. The predicted octanol–water partition coefficient (Wildman–Crippen LogP) is 3.67. The van der Waals surface area contributed by atoms with Crippen molar-refractivity contribution in [2.45, 2.75) is 39.3 Å². The van der Waals surface area contributed by atoms with E-state index in [0.29, 0.717) is 6.54 Å². The monoisotopic (exact) mass is 396 g/mol. The first kappa shape index (κ1) is 21.3. The van der Waals surface area contributed by atoms with E-state index < -0.39 is 0 Å². The molecular weight excluding hydrogens is 364 g/mol. The third-order valence-corrected chi connectivity index (χ3v) is 4.92. The molecule has 5 heteroatoms. The number of nitrogens with one attached hydrogen (secondary N) is 1. The molecule has 0 atom stereocenters. The summed E-state index contributed by atoms with van der Waals surface area (Å²) in [7, 11) is 0. The Hall–Kier alpha value is -2.37. The quantitative estimate of drug-likeness (QED) is 0.657. The first-order valence-corrected chi connectivity index (χ1v) is 10.5. The average Bonchev–Trinajstić information content (AvgIpc) is 2.73. The maximum absolute atomic E-state index is 12.5. The maximum atomic E-state index is 12.5. The van der Waals surface area contributed by atoms with Crippen molar-refractivity contribution in [3.05, 3.63) is 65.2 Å². The highest BCUT2D eigenvalue weighted by atomic mass is 16.5. The van der Waals surface area contributed by atoms with Gasteiger partial charge in [0.2, 0.25) is 0 Å². The molecule has 0 aliphatic carbocycles. The van der Waals surface area contributed by atoms with Crippen LogP contribution in [0.15, 0.2) is 48.5 Å². The highest BCUT2D eigenvalue weighted by Crippen LogP contribution is 2.15. The van der Waals surface area contributed by atoms with Gasteiger partial charge >= 0.3 is 0 Å². The average molecular weight is 397 g/mol. The lowest BCUT2D eigenvalue weighted by Crippen LogP contribution is -2.35. The van der Waals surface area contributed by atoms with Gasteiger partial charge < -0.3 is 14.8 Å². The van der Waals surface area contributed by atoms with Gasteiger partial charge in [0.25, 0.3) is 5.91 Å². The molecule has 0 aromatic heterocycles. The number of aryl methyl sites for hydroxylation is 1. The maximum Gasteiger partial charge on any atom is 0.251 e. The zero-order chi connectivity index (χ0) is 20.5. The van der Waals surface area contributed by atoms with Gasteiger partial charge in [-0.25, -0.2) is 0 Å². The predicted molar refractivity (Wildman–Crippen MR) is 115 cm³/mol. The Bertz CT molecular complexity index is 768. The summed E-state index contributed by atoms with van der Waals surface area (Å²) in [5.41, 5.74) is 3.15. The van der Waals surface area contributed by atoms with Crippen LogP contribution in [-0.4, -0.2) is 49.8 Å². The molecule has 0 radical (unpaired) electrons. The number of hydrogen-bond donors (Lipinski definition) is 1. The third kappa shape index (κ3) is 7.18. The zero-order valence-electron chi connectivity index (χ0n) is 17.5. The molecule has 1 aliphatic rings. The zero-order valence-corrected chi connectivity index (χ0v) is 17.5. The summed E-state index contributed by atoms with van der Waals surface area (Å²) in [4.78, 5) is 14.8. The number of morpholine rings is 1. The van der Waals surface area contributed by atoms with Gasteiger partial charge in [-0.15, -0.1) is 0 Å². The number of amides is 1. The van der Waals surface area contributed by atoms with Gasteiger partial charge in [0.05, 0.1) is 19.3 Å². The fourth-order valence-electron chi connectivity index (χ4n) is 3.43. The molecule has 1 amide bonds. The van der Waals surface area contributed by atoms with Gasteiger partial charge in [-0.2, -0.15) is 0 Å². The molecule has 0 unspecified atom stereocenters. The number of rotatable bonds is 9. The minimum Gasteiger partial charge on any atom is -0.491 e. The van der Waals surface area contributed by atoms with E-state index in [9.17, 15) is 4.79 Å². The van der Waals surface area contributed by atoms with Crippen LogP contribution >= 0.6 is 0 Å². The van der Waals surface area contributed by atoms with E-state index >= 15 is 0 Å². The Morgan fingerprint density at radius 3 is 2.59 bits per heavy atom. The number of ether oxygens (including phenoxy) is 2. The first-order chi connectivity index (χ1) is 14.1. The van der Waals surface area contributed by atoms with Crippen LogP contribution in [0.2, 0.25) is 0 Å². The summed E-state index contributed by atoms with van der Waals surface area (Å²) in [6, 6.07) is 16.1. The van der Waals surface area contributed by atoms with Gasteiger partial charge in [0.15, 0.2) is 0 Å². The molecule has 0 saturated carbocycles. The number of benzene rings is 2. The highest BCUT2D eigenvalue weighted by Gasteiger charge is 2.12. The molecule has 2 aromatic rings. The van der Waals surface area contributed by atoms with E-state index in [4.69, 9.17) is 9.47 Å². The van der Waals surface area contributed by atoms with Gasteiger partial charge in [-0.1, -0.05) is 24.3 Å². The first-order valence-electron chi connectivity index (χ1n) is 10.5. The van der Waals surface area contributed by atoms with E-state index in [1.807, 2.05) is 44.2 Å². The number of hydrogen-bond acceptors (Lipinski definition) is 4. The minimum atomic E-state index is -0.00508. The van der Waals surface area contributed by atoms with Gasteiger partial charge in [0, 0.05) is 31.7 Å². The summed E-state index contributed by atoms with van der Waals surface area (Å²) in [6.07, 6.45) is 2.02. The molecule has 1 aliphatic heterocycles. The smallest absolute Gasteiger partial charge is 0.251 e. The molecule has 1 saturated heterocycles. The van der Waals surface area contributed by atoms with Crippen LogP contribution in [0.3, 0.4) is 0 Å². The largest absolute Gasteiger partial charge is 0.491 e. The summed E-state index contributed by atoms with van der Waals surface area (Å²) < 4.78 is 11.1. The van der Waals surface area contributed by atoms with E-state index in [1.54, 1.807) is 0 Å². The SMILES string of the molecule is CC(C)Oc1ccc(CCCNC(=O)c2cccc(CN3CCOCC3)c2)cc1. The van der Waals surface area contributed by atoms with Crippen LogP contribution in [0.5, 0.6) is 5.75 Å².